The number of aromatic nitrogens is 1. The number of nitrogens with one attached hydrogen (secondary N) is 5. The van der Waals surface area contributed by atoms with Gasteiger partial charge in [0.2, 0.25) is 23.6 Å². The van der Waals surface area contributed by atoms with Gasteiger partial charge in [0.15, 0.2) is 0 Å². The molecular weight excluding hydrogens is 789 g/mol. The number of fused-ring (bicyclic) bond motifs is 2. The van der Waals surface area contributed by atoms with Gasteiger partial charge in [0.25, 0.3) is 0 Å². The van der Waals surface area contributed by atoms with Crippen LogP contribution in [0.3, 0.4) is 0 Å². The SMILES string of the molecule is NC(=O)[C@H](Cc1ccccc1)NC(=O)[C@H](CC(=O)O)NC(=O)[C@H](Cc1ccc2ccccc2c1)NC(=O)[C@H](Cc1c[nH]c2ccccc12)NC(=O)OC12CC3CC(CC(C3)C1)C2. The van der Waals surface area contributed by atoms with Crippen molar-refractivity contribution in [1.82, 2.24) is 26.3 Å². The molecule has 4 aliphatic rings. The number of H-pyrrole nitrogens is 1. The van der Waals surface area contributed by atoms with E-state index in [1.807, 2.05) is 66.7 Å². The van der Waals surface area contributed by atoms with Gasteiger partial charge >= 0.3 is 12.1 Å². The number of rotatable bonds is 17. The van der Waals surface area contributed by atoms with Gasteiger partial charge in [-0.2, -0.15) is 0 Å². The third kappa shape index (κ3) is 9.91. The maximum Gasteiger partial charge on any atom is 0.408 e. The molecule has 0 aliphatic heterocycles. The van der Waals surface area contributed by atoms with Crippen molar-refractivity contribution < 1.29 is 38.6 Å². The number of hydrogen-bond donors (Lipinski definition) is 7. The summed E-state index contributed by atoms with van der Waals surface area (Å²) in [5, 5.41) is 23.3. The van der Waals surface area contributed by atoms with Gasteiger partial charge < -0.3 is 41.8 Å². The van der Waals surface area contributed by atoms with Crippen LogP contribution in [0.15, 0.2) is 103 Å². The Hall–Kier alpha value is -6.70. The fourth-order valence-corrected chi connectivity index (χ4v) is 10.3. The normalized spacial score (nSPS) is 21.9. The van der Waals surface area contributed by atoms with Crippen molar-refractivity contribution in [3.8, 4) is 0 Å². The lowest BCUT2D eigenvalue weighted by molar-refractivity contribution is -0.141. The molecule has 62 heavy (non-hydrogen) atoms. The number of nitrogens with two attached hydrogens (primary N) is 1. The number of benzene rings is 4. The highest BCUT2D eigenvalue weighted by Crippen LogP contribution is 2.57. The van der Waals surface area contributed by atoms with Crippen LogP contribution >= 0.6 is 0 Å². The summed E-state index contributed by atoms with van der Waals surface area (Å²) in [7, 11) is 0. The van der Waals surface area contributed by atoms with Crippen molar-refractivity contribution in [2.45, 2.75) is 94.0 Å². The van der Waals surface area contributed by atoms with E-state index in [9.17, 15) is 33.9 Å². The van der Waals surface area contributed by atoms with Crippen molar-refractivity contribution in [3.63, 3.8) is 0 Å². The molecule has 0 unspecified atom stereocenters. The first-order valence-corrected chi connectivity index (χ1v) is 21.4. The van der Waals surface area contributed by atoms with Gasteiger partial charge in [-0.3, -0.25) is 24.0 Å². The van der Waals surface area contributed by atoms with Crippen molar-refractivity contribution >= 4 is 57.4 Å². The van der Waals surface area contributed by atoms with Crippen LogP contribution in [0.4, 0.5) is 4.79 Å². The number of carboxylic acid groups (broad SMARTS) is 1. The first-order valence-electron chi connectivity index (χ1n) is 21.4. The predicted octanol–water partition coefficient (Wildman–Crippen LogP) is 4.83. The zero-order valence-electron chi connectivity index (χ0n) is 34.3. The van der Waals surface area contributed by atoms with E-state index in [4.69, 9.17) is 10.5 Å². The lowest BCUT2D eigenvalue weighted by Crippen LogP contribution is -2.59. The Kier molecular flexibility index (Phi) is 12.3. The van der Waals surface area contributed by atoms with E-state index in [1.165, 1.54) is 0 Å². The van der Waals surface area contributed by atoms with Crippen LogP contribution in [0, 0.1) is 17.8 Å². The second-order valence-corrected chi connectivity index (χ2v) is 17.5. The summed E-state index contributed by atoms with van der Waals surface area (Å²) in [6.07, 6.45) is 6.16. The van der Waals surface area contributed by atoms with Crippen molar-refractivity contribution in [3.05, 3.63) is 120 Å². The minimum atomic E-state index is -1.65. The fraction of sp³-hybridized carbons (Fsp3) is 0.375. The number of carboxylic acids is 1. The van der Waals surface area contributed by atoms with Crippen LogP contribution in [0.2, 0.25) is 0 Å². The molecule has 0 radical (unpaired) electrons. The molecule has 4 aromatic carbocycles. The van der Waals surface area contributed by atoms with Crippen LogP contribution < -0.4 is 27.0 Å². The van der Waals surface area contributed by atoms with Gasteiger partial charge in [0.05, 0.1) is 6.42 Å². The highest BCUT2D eigenvalue weighted by molar-refractivity contribution is 5.97. The maximum absolute atomic E-state index is 14.6. The quantitative estimate of drug-likeness (QED) is 0.0686. The summed E-state index contributed by atoms with van der Waals surface area (Å²) in [5.41, 5.74) is 8.04. The molecule has 9 rings (SSSR count). The Labute approximate surface area is 358 Å². The Morgan fingerprint density at radius 2 is 1.21 bits per heavy atom. The average molecular weight is 841 g/mol. The first kappa shape index (κ1) is 42.0. The summed E-state index contributed by atoms with van der Waals surface area (Å²) in [6, 6.07) is 24.3. The van der Waals surface area contributed by atoms with E-state index in [0.29, 0.717) is 28.9 Å². The van der Waals surface area contributed by atoms with Crippen LogP contribution in [0.1, 0.15) is 61.6 Å². The van der Waals surface area contributed by atoms with Crippen LogP contribution in [0.25, 0.3) is 21.7 Å². The van der Waals surface area contributed by atoms with Crippen LogP contribution in [-0.4, -0.2) is 75.6 Å². The first-order chi connectivity index (χ1) is 29.9. The van der Waals surface area contributed by atoms with Crippen LogP contribution in [0.5, 0.6) is 0 Å². The number of aliphatic carboxylic acids is 1. The number of primary amides is 1. The van der Waals surface area contributed by atoms with Gasteiger partial charge in [-0.25, -0.2) is 4.79 Å². The zero-order valence-corrected chi connectivity index (χ0v) is 34.3. The minimum Gasteiger partial charge on any atom is -0.481 e. The summed E-state index contributed by atoms with van der Waals surface area (Å²) in [6.45, 7) is 0. The van der Waals surface area contributed by atoms with E-state index in [0.717, 1.165) is 65.8 Å². The van der Waals surface area contributed by atoms with E-state index in [-0.39, 0.29) is 19.3 Å². The summed E-state index contributed by atoms with van der Waals surface area (Å²) < 4.78 is 6.28. The molecule has 4 saturated carbocycles. The Morgan fingerprint density at radius 1 is 0.645 bits per heavy atom. The molecule has 0 spiro atoms. The molecule has 1 heterocycles. The Balaban J connectivity index is 1.05. The van der Waals surface area contributed by atoms with Gasteiger partial charge in [0.1, 0.15) is 29.8 Å². The van der Waals surface area contributed by atoms with Crippen LogP contribution in [-0.2, 0) is 48.0 Å². The average Bonchev–Trinajstić information content (AvgIpc) is 3.64. The molecule has 4 fully saturated rings. The molecule has 4 bridgehead atoms. The zero-order chi connectivity index (χ0) is 43.4. The molecule has 0 saturated heterocycles. The molecule has 5 aromatic rings. The van der Waals surface area contributed by atoms with Crippen molar-refractivity contribution in [1.29, 1.82) is 0 Å². The molecule has 322 valence electrons. The second-order valence-electron chi connectivity index (χ2n) is 17.5. The monoisotopic (exact) mass is 840 g/mol. The molecular formula is C48H52N6O8. The number of ether oxygens (including phenoxy) is 1. The smallest absolute Gasteiger partial charge is 0.408 e. The molecule has 4 atom stereocenters. The van der Waals surface area contributed by atoms with Gasteiger partial charge in [-0.1, -0.05) is 91.0 Å². The lowest BCUT2D eigenvalue weighted by atomic mass is 9.54. The van der Waals surface area contributed by atoms with Gasteiger partial charge in [-0.15, -0.1) is 0 Å². The molecule has 5 amide bonds. The molecule has 4 aliphatic carbocycles. The lowest BCUT2D eigenvalue weighted by Gasteiger charge is -2.55. The van der Waals surface area contributed by atoms with Crippen molar-refractivity contribution in [2.75, 3.05) is 0 Å². The molecule has 1 aromatic heterocycles. The number of carbonyl (C=O) groups is 6. The Bertz CT molecular complexity index is 2450. The third-order valence-corrected chi connectivity index (χ3v) is 12.8. The number of hydrogen-bond acceptors (Lipinski definition) is 7. The Morgan fingerprint density at radius 3 is 1.89 bits per heavy atom. The van der Waals surface area contributed by atoms with Gasteiger partial charge in [0, 0.05) is 36.4 Å². The van der Waals surface area contributed by atoms with E-state index in [1.54, 1.807) is 36.5 Å². The highest BCUT2D eigenvalue weighted by atomic mass is 16.6. The topological polar surface area (TPSA) is 222 Å². The van der Waals surface area contributed by atoms with Gasteiger partial charge in [-0.05, 0) is 89.8 Å². The number of carbonyl (C=O) groups excluding carboxylic acids is 5. The van der Waals surface area contributed by atoms with E-state index < -0.39 is 71.9 Å². The molecule has 8 N–H and O–H groups in total. The largest absolute Gasteiger partial charge is 0.481 e. The molecule has 14 nitrogen and oxygen atoms in total. The number of amides is 5. The highest BCUT2D eigenvalue weighted by Gasteiger charge is 2.53. The van der Waals surface area contributed by atoms with E-state index >= 15 is 0 Å². The fourth-order valence-electron chi connectivity index (χ4n) is 10.3. The number of para-hydroxylation sites is 1. The third-order valence-electron chi connectivity index (χ3n) is 12.8. The summed E-state index contributed by atoms with van der Waals surface area (Å²) in [5.74, 6) is -3.16. The standard InChI is InChI=1S/C48H52N6O8/c49-43(57)38(20-28-8-2-1-3-9-28)51-46(60)41(23-42(55)56)53-44(58)39(21-29-14-15-33-10-4-5-11-34(33)19-29)52-45(59)40(22-35-27-50-37-13-7-6-12-36(35)37)54-47(61)62-48-24-30-16-31(25-48)18-32(17-30)26-48/h1-15,19,27,30-32,38-41,50H,16-18,20-26H2,(H2,49,57)(H,51,60)(H,52,59)(H,53,58)(H,54,61)(H,55,56)/t30?,31?,32?,38-,39-,40-,41-,48?/m0/s1. The second kappa shape index (κ2) is 18.1. The summed E-state index contributed by atoms with van der Waals surface area (Å²) in [4.78, 5) is 84.4. The molecule has 14 heteroatoms. The number of alkyl carbamates (subject to hydrolysis) is 1. The number of aromatic amines is 1. The maximum atomic E-state index is 14.6. The van der Waals surface area contributed by atoms with E-state index in [2.05, 4.69) is 26.3 Å². The van der Waals surface area contributed by atoms with Crippen molar-refractivity contribution in [2.24, 2.45) is 23.5 Å². The summed E-state index contributed by atoms with van der Waals surface area (Å²) >= 11 is 0. The minimum absolute atomic E-state index is 0.0341. The predicted molar refractivity (Wildman–Crippen MR) is 231 cm³/mol.